The van der Waals surface area contributed by atoms with Crippen LogP contribution in [0.2, 0.25) is 0 Å². The Balaban J connectivity index is 2.27. The molecule has 0 heterocycles. The third-order valence-corrected chi connectivity index (χ3v) is 18.6. The van der Waals surface area contributed by atoms with E-state index in [-0.39, 0.29) is 0 Å². The predicted molar refractivity (Wildman–Crippen MR) is 170 cm³/mol. The molecule has 0 saturated carbocycles. The molecule has 4 heteroatoms. The fraction of sp³-hybridized carbons (Fsp3) is 0.188. The van der Waals surface area contributed by atoms with Crippen LogP contribution in [0.25, 0.3) is 0 Å². The van der Waals surface area contributed by atoms with Crippen molar-refractivity contribution < 1.29 is 0 Å². The third-order valence-electron chi connectivity index (χ3n) is 6.58. The molecule has 0 spiro atoms. The Morgan fingerprint density at radius 1 is 0.444 bits per heavy atom. The van der Waals surface area contributed by atoms with E-state index >= 15 is 0 Å². The topological polar surface area (TPSA) is 0 Å². The van der Waals surface area contributed by atoms with E-state index in [2.05, 4.69) is 149 Å². The standard InChI is InChI=1S/C32H34P2S2/c1-25(2)31(26(3)4)32(33(35,27-17-9-5-10-18-27)28-19-11-6-12-20-28)34(36,29-21-13-7-14-22-29)30-23-15-8-16-24-30/h5-26H,1-4H3. The van der Waals surface area contributed by atoms with Crippen molar-refractivity contribution in [1.29, 1.82) is 0 Å². The van der Waals surface area contributed by atoms with Crippen LogP contribution < -0.4 is 21.2 Å². The molecule has 0 aromatic heterocycles. The Hall–Kier alpha value is -2.08. The summed E-state index contributed by atoms with van der Waals surface area (Å²) in [6, 6.07) is 38.1. The second-order valence-corrected chi connectivity index (χ2v) is 18.7. The van der Waals surface area contributed by atoms with Crippen molar-refractivity contribution in [1.82, 2.24) is 0 Å². The van der Waals surface area contributed by atoms with Gasteiger partial charge in [-0.15, -0.1) is 0 Å². The molecule has 4 aromatic rings. The van der Waals surface area contributed by atoms with Crippen molar-refractivity contribution in [2.75, 3.05) is 0 Å². The van der Waals surface area contributed by atoms with E-state index in [9.17, 15) is 0 Å². The quantitative estimate of drug-likeness (QED) is 0.208. The van der Waals surface area contributed by atoms with Crippen molar-refractivity contribution in [3.8, 4) is 0 Å². The largest absolute Gasteiger partial charge is 0.0825 e. The first-order chi connectivity index (χ1) is 17.3. The van der Waals surface area contributed by atoms with Crippen LogP contribution in [0.5, 0.6) is 0 Å². The molecule has 0 unspecified atom stereocenters. The van der Waals surface area contributed by atoms with Gasteiger partial charge >= 0.3 is 0 Å². The highest BCUT2D eigenvalue weighted by atomic mass is 32.5. The SMILES string of the molecule is CC(C)C(=C(P(=S)(c1ccccc1)c1ccccc1)P(=S)(c1ccccc1)c1ccccc1)C(C)C. The average molecular weight is 545 g/mol. The minimum atomic E-state index is -2.49. The van der Waals surface area contributed by atoms with E-state index < -0.39 is 12.1 Å². The van der Waals surface area contributed by atoms with Gasteiger partial charge in [0.25, 0.3) is 0 Å². The number of rotatable bonds is 8. The highest BCUT2D eigenvalue weighted by Gasteiger charge is 2.41. The summed E-state index contributed by atoms with van der Waals surface area (Å²) in [4.78, 5) is 0. The summed E-state index contributed by atoms with van der Waals surface area (Å²) in [5.74, 6) is 0.647. The molecule has 36 heavy (non-hydrogen) atoms. The highest BCUT2D eigenvalue weighted by molar-refractivity contribution is 8.35. The monoisotopic (exact) mass is 544 g/mol. The lowest BCUT2D eigenvalue weighted by molar-refractivity contribution is 0.626. The average Bonchev–Trinajstić information content (AvgIpc) is 2.92. The molecule has 0 atom stereocenters. The van der Waals surface area contributed by atoms with Gasteiger partial charge in [-0.05, 0) is 33.1 Å². The van der Waals surface area contributed by atoms with Crippen molar-refractivity contribution in [2.24, 2.45) is 11.8 Å². The molecular formula is C32H34P2S2. The van der Waals surface area contributed by atoms with Crippen LogP contribution in [-0.2, 0) is 23.6 Å². The molecule has 0 radical (unpaired) electrons. The van der Waals surface area contributed by atoms with Crippen LogP contribution in [0.4, 0.5) is 0 Å². The first-order valence-electron chi connectivity index (χ1n) is 12.5. The van der Waals surface area contributed by atoms with E-state index in [1.54, 1.807) is 0 Å². The molecule has 0 aliphatic heterocycles. The minimum absolute atomic E-state index is 0.324. The predicted octanol–water partition coefficient (Wildman–Crippen LogP) is 7.77. The zero-order valence-corrected chi connectivity index (χ0v) is 24.8. The Kier molecular flexibility index (Phi) is 8.64. The first kappa shape index (κ1) is 27.0. The van der Waals surface area contributed by atoms with E-state index in [0.29, 0.717) is 11.8 Å². The summed E-state index contributed by atoms with van der Waals surface area (Å²) in [6.45, 7) is 9.22. The van der Waals surface area contributed by atoms with Crippen molar-refractivity contribution in [3.63, 3.8) is 0 Å². The molecule has 0 nitrogen and oxygen atoms in total. The van der Waals surface area contributed by atoms with Gasteiger partial charge in [-0.3, -0.25) is 0 Å². The summed E-state index contributed by atoms with van der Waals surface area (Å²) in [5.41, 5.74) is 1.42. The minimum Gasteiger partial charge on any atom is -0.0825 e. The molecule has 4 aromatic carbocycles. The fourth-order valence-electron chi connectivity index (χ4n) is 5.08. The maximum atomic E-state index is 7.03. The van der Waals surface area contributed by atoms with Gasteiger partial charge in [0.2, 0.25) is 0 Å². The van der Waals surface area contributed by atoms with Crippen molar-refractivity contribution in [3.05, 3.63) is 132 Å². The Bertz CT molecular complexity index is 1210. The fourth-order valence-corrected chi connectivity index (χ4v) is 18.5. The van der Waals surface area contributed by atoms with Gasteiger partial charge in [0.15, 0.2) is 0 Å². The van der Waals surface area contributed by atoms with Gasteiger partial charge in [0, 0.05) is 17.1 Å². The molecule has 0 N–H and O–H groups in total. The maximum absolute atomic E-state index is 7.03. The van der Waals surface area contributed by atoms with Gasteiger partial charge in [-0.25, -0.2) is 0 Å². The summed E-state index contributed by atoms with van der Waals surface area (Å²) in [6.07, 6.45) is 0. The third kappa shape index (κ3) is 5.03. The lowest BCUT2D eigenvalue weighted by Gasteiger charge is -2.39. The number of hydrogen-bond acceptors (Lipinski definition) is 2. The van der Waals surface area contributed by atoms with E-state index in [1.165, 1.54) is 31.8 Å². The second kappa shape index (κ2) is 11.5. The van der Waals surface area contributed by atoms with Crippen LogP contribution in [0.3, 0.4) is 0 Å². The lowest BCUT2D eigenvalue weighted by atomic mass is 9.94. The molecule has 184 valence electrons. The normalized spacial score (nSPS) is 12.1. The van der Waals surface area contributed by atoms with Gasteiger partial charge < -0.3 is 0 Å². The number of hydrogen-bond donors (Lipinski definition) is 0. The first-order valence-corrected chi connectivity index (χ1v) is 18.1. The van der Waals surface area contributed by atoms with E-state index in [1.807, 2.05) is 0 Å². The summed E-state index contributed by atoms with van der Waals surface area (Å²) in [5, 5.41) is 6.17. The summed E-state index contributed by atoms with van der Waals surface area (Å²) < 4.78 is 0. The van der Waals surface area contributed by atoms with Crippen LogP contribution in [0.1, 0.15) is 27.7 Å². The molecule has 0 amide bonds. The zero-order chi connectivity index (χ0) is 25.8. The summed E-state index contributed by atoms with van der Waals surface area (Å²) in [7, 11) is 0. The van der Waals surface area contributed by atoms with E-state index in [0.717, 1.165) is 0 Å². The van der Waals surface area contributed by atoms with Crippen LogP contribution in [0, 0.1) is 11.8 Å². The number of benzene rings is 4. The number of allylic oxidation sites excluding steroid dienone is 1. The lowest BCUT2D eigenvalue weighted by Crippen LogP contribution is -2.26. The Labute approximate surface area is 227 Å². The van der Waals surface area contributed by atoms with Gasteiger partial charge in [-0.2, -0.15) is 0 Å². The molecule has 0 bridgehead atoms. The smallest absolute Gasteiger partial charge is 0.0397 e. The molecule has 0 aliphatic rings. The van der Waals surface area contributed by atoms with Gasteiger partial charge in [0.05, 0.1) is 0 Å². The Morgan fingerprint density at radius 3 is 0.861 bits per heavy atom. The Morgan fingerprint density at radius 2 is 0.667 bits per heavy atom. The van der Waals surface area contributed by atoms with Gasteiger partial charge in [0.1, 0.15) is 0 Å². The molecule has 0 saturated heterocycles. The molecular weight excluding hydrogens is 510 g/mol. The zero-order valence-electron chi connectivity index (χ0n) is 21.4. The second-order valence-electron chi connectivity index (χ2n) is 9.65. The van der Waals surface area contributed by atoms with Crippen molar-refractivity contribution >= 4 is 56.9 Å². The summed E-state index contributed by atoms with van der Waals surface area (Å²) >= 11 is 14.1. The van der Waals surface area contributed by atoms with Crippen LogP contribution in [-0.4, -0.2) is 0 Å². The molecule has 0 fully saturated rings. The van der Waals surface area contributed by atoms with E-state index in [4.69, 9.17) is 23.6 Å². The maximum Gasteiger partial charge on any atom is 0.0397 e. The highest BCUT2D eigenvalue weighted by Crippen LogP contribution is 2.72. The van der Waals surface area contributed by atoms with Crippen molar-refractivity contribution in [2.45, 2.75) is 27.7 Å². The van der Waals surface area contributed by atoms with Crippen LogP contribution >= 0.6 is 12.1 Å². The van der Waals surface area contributed by atoms with Crippen LogP contribution in [0.15, 0.2) is 132 Å². The molecule has 0 aliphatic carbocycles. The van der Waals surface area contributed by atoms with Gasteiger partial charge in [-0.1, -0.05) is 178 Å². The molecule has 4 rings (SSSR count).